The summed E-state index contributed by atoms with van der Waals surface area (Å²) in [5.41, 5.74) is 5.54. The van der Waals surface area contributed by atoms with E-state index in [9.17, 15) is 4.79 Å². The van der Waals surface area contributed by atoms with Gasteiger partial charge < -0.3 is 10.8 Å². The van der Waals surface area contributed by atoms with Gasteiger partial charge in [-0.3, -0.25) is 4.79 Å². The van der Waals surface area contributed by atoms with Gasteiger partial charge in [-0.15, -0.1) is 18.3 Å². The van der Waals surface area contributed by atoms with Crippen LogP contribution >= 0.6 is 11.8 Å². The second kappa shape index (κ2) is 4.67. The average molecular weight is 203 g/mol. The van der Waals surface area contributed by atoms with E-state index >= 15 is 0 Å². The first-order valence-corrected chi connectivity index (χ1v) is 4.98. The van der Waals surface area contributed by atoms with Crippen molar-refractivity contribution in [1.82, 2.24) is 0 Å². The van der Waals surface area contributed by atoms with Crippen LogP contribution in [0.1, 0.15) is 20.8 Å². The minimum Gasteiger partial charge on any atom is -0.480 e. The Morgan fingerprint density at radius 2 is 2.15 bits per heavy atom. The van der Waals surface area contributed by atoms with Crippen LogP contribution in [-0.4, -0.2) is 27.1 Å². The molecule has 3 N–H and O–H groups in total. The van der Waals surface area contributed by atoms with Crippen LogP contribution < -0.4 is 5.73 Å². The van der Waals surface area contributed by atoms with Crippen molar-refractivity contribution >= 4 is 17.7 Å². The molecule has 0 aromatic heterocycles. The molecule has 0 saturated carbocycles. The summed E-state index contributed by atoms with van der Waals surface area (Å²) in [5, 5.41) is 8.95. The molecule has 0 saturated heterocycles. The summed E-state index contributed by atoms with van der Waals surface area (Å²) in [5.74, 6) is -0.964. The quantitative estimate of drug-likeness (QED) is 0.664. The molecular formula is C9H17NO2S. The van der Waals surface area contributed by atoms with E-state index in [0.29, 0.717) is 0 Å². The summed E-state index contributed by atoms with van der Waals surface area (Å²) >= 11 is 1.51. The molecule has 0 aliphatic carbocycles. The Labute approximate surface area is 83.4 Å². The van der Waals surface area contributed by atoms with Gasteiger partial charge >= 0.3 is 5.97 Å². The maximum absolute atomic E-state index is 10.7. The number of carboxylic acids is 1. The normalized spacial score (nSPS) is 16.3. The van der Waals surface area contributed by atoms with Gasteiger partial charge in [0.2, 0.25) is 0 Å². The van der Waals surface area contributed by atoms with Crippen LogP contribution in [-0.2, 0) is 4.79 Å². The first kappa shape index (κ1) is 12.5. The molecule has 0 spiro atoms. The molecule has 0 radical (unpaired) electrons. The van der Waals surface area contributed by atoms with Crippen molar-refractivity contribution in [2.45, 2.75) is 36.8 Å². The maximum atomic E-state index is 10.7. The molecule has 3 nitrogen and oxygen atoms in total. The zero-order valence-corrected chi connectivity index (χ0v) is 9.10. The van der Waals surface area contributed by atoms with Gasteiger partial charge in [-0.05, 0) is 20.8 Å². The highest BCUT2D eigenvalue weighted by Gasteiger charge is 2.33. The SMILES string of the molecule is C=CC(C)SC(C)(C)[C@@H](N)C(=O)O. The molecule has 0 amide bonds. The van der Waals surface area contributed by atoms with Crippen LogP contribution in [0.2, 0.25) is 0 Å². The summed E-state index contributed by atoms with van der Waals surface area (Å²) in [6.45, 7) is 9.27. The van der Waals surface area contributed by atoms with E-state index in [1.165, 1.54) is 11.8 Å². The van der Waals surface area contributed by atoms with Crippen molar-refractivity contribution in [1.29, 1.82) is 0 Å². The van der Waals surface area contributed by atoms with Crippen LogP contribution in [0.5, 0.6) is 0 Å². The van der Waals surface area contributed by atoms with Crippen molar-refractivity contribution in [2.24, 2.45) is 5.73 Å². The Morgan fingerprint density at radius 1 is 1.69 bits per heavy atom. The van der Waals surface area contributed by atoms with E-state index in [2.05, 4.69) is 6.58 Å². The molecule has 0 aromatic rings. The third-order valence-corrected chi connectivity index (χ3v) is 3.26. The molecule has 4 heteroatoms. The van der Waals surface area contributed by atoms with Gasteiger partial charge in [0.15, 0.2) is 0 Å². The van der Waals surface area contributed by atoms with E-state index in [-0.39, 0.29) is 5.25 Å². The molecule has 76 valence electrons. The fourth-order valence-electron chi connectivity index (χ4n) is 0.898. The van der Waals surface area contributed by atoms with Gasteiger partial charge in [-0.25, -0.2) is 0 Å². The van der Waals surface area contributed by atoms with Gasteiger partial charge in [0, 0.05) is 10.00 Å². The molecule has 13 heavy (non-hydrogen) atoms. The summed E-state index contributed by atoms with van der Waals surface area (Å²) in [6, 6.07) is -0.847. The number of thioether (sulfide) groups is 1. The molecule has 1 unspecified atom stereocenters. The van der Waals surface area contributed by atoms with Crippen LogP contribution in [0.3, 0.4) is 0 Å². The molecule has 0 aliphatic heterocycles. The molecule has 2 atom stereocenters. The predicted octanol–water partition coefficient (Wildman–Crippen LogP) is 1.48. The fraction of sp³-hybridized carbons (Fsp3) is 0.667. The van der Waals surface area contributed by atoms with Crippen LogP contribution in [0, 0.1) is 0 Å². The highest BCUT2D eigenvalue weighted by atomic mass is 32.2. The topological polar surface area (TPSA) is 63.3 Å². The second-order valence-electron chi connectivity index (χ2n) is 3.48. The lowest BCUT2D eigenvalue weighted by molar-refractivity contribution is -0.139. The zero-order chi connectivity index (χ0) is 10.6. The van der Waals surface area contributed by atoms with E-state index in [4.69, 9.17) is 10.8 Å². The summed E-state index contributed by atoms with van der Waals surface area (Å²) < 4.78 is -0.473. The second-order valence-corrected chi connectivity index (χ2v) is 5.51. The van der Waals surface area contributed by atoms with E-state index in [1.807, 2.05) is 20.8 Å². The smallest absolute Gasteiger partial charge is 0.321 e. The monoisotopic (exact) mass is 203 g/mol. The molecule has 0 aromatic carbocycles. The lowest BCUT2D eigenvalue weighted by Crippen LogP contribution is -2.47. The Kier molecular flexibility index (Phi) is 4.50. The first-order valence-electron chi connectivity index (χ1n) is 4.10. The molecule has 0 heterocycles. The zero-order valence-electron chi connectivity index (χ0n) is 8.28. The molecular weight excluding hydrogens is 186 g/mol. The summed E-state index contributed by atoms with van der Waals surface area (Å²) in [7, 11) is 0. The maximum Gasteiger partial charge on any atom is 0.321 e. The van der Waals surface area contributed by atoms with Gasteiger partial charge in [0.1, 0.15) is 6.04 Å². The van der Waals surface area contributed by atoms with Gasteiger partial charge in [0.05, 0.1) is 0 Å². The number of rotatable bonds is 5. The van der Waals surface area contributed by atoms with E-state index < -0.39 is 16.8 Å². The fourth-order valence-corrected chi connectivity index (χ4v) is 2.20. The lowest BCUT2D eigenvalue weighted by Gasteiger charge is -2.29. The minimum absolute atomic E-state index is 0.209. The minimum atomic E-state index is -0.964. The van der Waals surface area contributed by atoms with Crippen LogP contribution in [0.25, 0.3) is 0 Å². The Bertz CT molecular complexity index is 204. The number of hydrogen-bond donors (Lipinski definition) is 2. The van der Waals surface area contributed by atoms with Crippen molar-refractivity contribution in [2.75, 3.05) is 0 Å². The molecule has 0 bridgehead atoms. The number of aliphatic carboxylic acids is 1. The van der Waals surface area contributed by atoms with Crippen molar-refractivity contribution in [3.63, 3.8) is 0 Å². The third kappa shape index (κ3) is 3.83. The van der Waals surface area contributed by atoms with Crippen molar-refractivity contribution < 1.29 is 9.90 Å². The average Bonchev–Trinajstić information content (AvgIpc) is 2.01. The standard InChI is InChI=1S/C9H17NO2S/c1-5-6(2)13-9(3,4)7(10)8(11)12/h5-7H,1,10H2,2-4H3,(H,11,12)/t6?,7-/m0/s1. The lowest BCUT2D eigenvalue weighted by atomic mass is 10.1. The van der Waals surface area contributed by atoms with Gasteiger partial charge in [-0.2, -0.15) is 0 Å². The molecule has 0 fully saturated rings. The van der Waals surface area contributed by atoms with Crippen molar-refractivity contribution in [3.05, 3.63) is 12.7 Å². The largest absolute Gasteiger partial charge is 0.480 e. The third-order valence-electron chi connectivity index (χ3n) is 1.84. The Hall–Kier alpha value is -0.480. The van der Waals surface area contributed by atoms with E-state index in [1.54, 1.807) is 6.08 Å². The summed E-state index contributed by atoms with van der Waals surface area (Å²) in [6.07, 6.45) is 1.78. The predicted molar refractivity (Wildman–Crippen MR) is 56.9 cm³/mol. The molecule has 0 aliphatic rings. The molecule has 0 rings (SSSR count). The number of carboxylic acid groups (broad SMARTS) is 1. The van der Waals surface area contributed by atoms with Gasteiger partial charge in [0.25, 0.3) is 0 Å². The van der Waals surface area contributed by atoms with E-state index in [0.717, 1.165) is 0 Å². The van der Waals surface area contributed by atoms with Gasteiger partial charge in [-0.1, -0.05) is 6.08 Å². The number of nitrogens with two attached hydrogens (primary N) is 1. The first-order chi connectivity index (χ1) is 5.81. The number of carbonyl (C=O) groups is 1. The summed E-state index contributed by atoms with van der Waals surface area (Å²) in [4.78, 5) is 10.7. The van der Waals surface area contributed by atoms with Crippen LogP contribution in [0.4, 0.5) is 0 Å². The van der Waals surface area contributed by atoms with Crippen molar-refractivity contribution in [3.8, 4) is 0 Å². The highest BCUT2D eigenvalue weighted by molar-refractivity contribution is 8.01. The highest BCUT2D eigenvalue weighted by Crippen LogP contribution is 2.31. The Morgan fingerprint density at radius 3 is 2.46 bits per heavy atom. The number of hydrogen-bond acceptors (Lipinski definition) is 3. The Balaban J connectivity index is 4.37. The van der Waals surface area contributed by atoms with Crippen LogP contribution in [0.15, 0.2) is 12.7 Å².